The second-order valence-corrected chi connectivity index (χ2v) is 7.62. The van der Waals surface area contributed by atoms with E-state index in [0.29, 0.717) is 17.4 Å². The lowest BCUT2D eigenvalue weighted by Crippen LogP contribution is -2.16. The van der Waals surface area contributed by atoms with Gasteiger partial charge in [0, 0.05) is 15.9 Å². The molecule has 1 unspecified atom stereocenters. The van der Waals surface area contributed by atoms with Gasteiger partial charge in [0.2, 0.25) is 0 Å². The highest BCUT2D eigenvalue weighted by atomic mass is 32.1. The third kappa shape index (κ3) is 3.01. The van der Waals surface area contributed by atoms with E-state index in [2.05, 4.69) is 27.8 Å². The molecular weight excluding hydrogens is 353 g/mol. The van der Waals surface area contributed by atoms with Gasteiger partial charge in [-0.3, -0.25) is 4.79 Å². The zero-order valence-corrected chi connectivity index (χ0v) is 15.3. The smallest absolute Gasteiger partial charge is 0.256 e. The maximum atomic E-state index is 14.2. The highest BCUT2D eigenvalue weighted by Gasteiger charge is 2.23. The number of aromatic nitrogens is 4. The Bertz CT molecular complexity index is 980. The molecule has 1 atom stereocenters. The fourth-order valence-corrected chi connectivity index (χ4v) is 4.52. The minimum Gasteiger partial charge on any atom is -0.322 e. The molecule has 0 fully saturated rings. The molecule has 134 valence electrons. The Morgan fingerprint density at radius 3 is 3.04 bits per heavy atom. The molecule has 0 bridgehead atoms. The fourth-order valence-electron chi connectivity index (χ4n) is 3.27. The lowest BCUT2D eigenvalue weighted by molar-refractivity contribution is 0.102. The normalized spacial score (nSPS) is 16.3. The van der Waals surface area contributed by atoms with E-state index < -0.39 is 5.82 Å². The molecule has 1 N–H and O–H groups in total. The van der Waals surface area contributed by atoms with Crippen LogP contribution < -0.4 is 5.32 Å². The summed E-state index contributed by atoms with van der Waals surface area (Å²) in [6, 6.07) is 4.38. The standard InChI is InChI=1S/C18H18FN5OS/c1-10-3-5-13-14(9-26-17(13)7-10)18(25)20-12-4-6-15(19)16(8-12)24-11(2)21-22-23-24/h4,6,8-10H,3,5,7H2,1-2H3,(H,20,25). The first-order valence-electron chi connectivity index (χ1n) is 8.48. The van der Waals surface area contributed by atoms with E-state index in [1.165, 1.54) is 27.8 Å². The van der Waals surface area contributed by atoms with Gasteiger partial charge < -0.3 is 5.32 Å². The van der Waals surface area contributed by atoms with Crippen LogP contribution in [0.2, 0.25) is 0 Å². The summed E-state index contributed by atoms with van der Waals surface area (Å²) in [5.41, 5.74) is 2.59. The molecule has 1 aliphatic rings. The van der Waals surface area contributed by atoms with Crippen LogP contribution in [0, 0.1) is 18.7 Å². The fraction of sp³-hybridized carbons (Fsp3) is 0.333. The number of fused-ring (bicyclic) bond motifs is 1. The van der Waals surface area contributed by atoms with Crippen LogP contribution >= 0.6 is 11.3 Å². The van der Waals surface area contributed by atoms with Crippen LogP contribution in [0.5, 0.6) is 0 Å². The summed E-state index contributed by atoms with van der Waals surface area (Å²) in [4.78, 5) is 14.0. The van der Waals surface area contributed by atoms with Crippen LogP contribution in [0.15, 0.2) is 23.6 Å². The van der Waals surface area contributed by atoms with Crippen molar-refractivity contribution in [1.29, 1.82) is 0 Å². The monoisotopic (exact) mass is 371 g/mol. The minimum atomic E-state index is -0.458. The van der Waals surface area contributed by atoms with Gasteiger partial charge in [0.1, 0.15) is 11.5 Å². The lowest BCUT2D eigenvalue weighted by atomic mass is 9.88. The molecule has 0 radical (unpaired) electrons. The van der Waals surface area contributed by atoms with Gasteiger partial charge in [-0.1, -0.05) is 6.92 Å². The number of hydrogen-bond donors (Lipinski definition) is 1. The Balaban J connectivity index is 1.60. The summed E-state index contributed by atoms with van der Waals surface area (Å²) in [7, 11) is 0. The first kappa shape index (κ1) is 16.8. The molecule has 6 nitrogen and oxygen atoms in total. The van der Waals surface area contributed by atoms with Crippen LogP contribution in [-0.4, -0.2) is 26.1 Å². The largest absolute Gasteiger partial charge is 0.322 e. The van der Waals surface area contributed by atoms with Crippen molar-refractivity contribution in [1.82, 2.24) is 20.2 Å². The van der Waals surface area contributed by atoms with E-state index in [-0.39, 0.29) is 11.6 Å². The molecule has 26 heavy (non-hydrogen) atoms. The number of halogens is 1. The molecular formula is C18H18FN5OS. The van der Waals surface area contributed by atoms with Gasteiger partial charge in [-0.2, -0.15) is 4.68 Å². The number of tetrazole rings is 1. The molecule has 4 rings (SSSR count). The van der Waals surface area contributed by atoms with E-state index in [9.17, 15) is 9.18 Å². The van der Waals surface area contributed by atoms with Gasteiger partial charge in [-0.25, -0.2) is 4.39 Å². The van der Waals surface area contributed by atoms with Crippen molar-refractivity contribution in [3.63, 3.8) is 0 Å². The van der Waals surface area contributed by atoms with Crippen molar-refractivity contribution < 1.29 is 9.18 Å². The minimum absolute atomic E-state index is 0.164. The average molecular weight is 371 g/mol. The number of nitrogens with one attached hydrogen (secondary N) is 1. The first-order chi connectivity index (χ1) is 12.5. The van der Waals surface area contributed by atoms with Gasteiger partial charge >= 0.3 is 0 Å². The molecule has 0 aliphatic heterocycles. The van der Waals surface area contributed by atoms with E-state index in [1.807, 2.05) is 5.38 Å². The molecule has 2 aromatic heterocycles. The lowest BCUT2D eigenvalue weighted by Gasteiger charge is -2.18. The number of aryl methyl sites for hydroxylation is 1. The molecule has 8 heteroatoms. The Morgan fingerprint density at radius 1 is 1.42 bits per heavy atom. The Morgan fingerprint density at radius 2 is 2.27 bits per heavy atom. The number of carbonyl (C=O) groups excluding carboxylic acids is 1. The molecule has 1 aromatic carbocycles. The molecule has 0 saturated carbocycles. The maximum Gasteiger partial charge on any atom is 0.256 e. The van der Waals surface area contributed by atoms with Crippen molar-refractivity contribution in [2.24, 2.45) is 5.92 Å². The summed E-state index contributed by atoms with van der Waals surface area (Å²) in [5, 5.41) is 15.9. The van der Waals surface area contributed by atoms with Crippen LogP contribution in [0.1, 0.15) is 40.0 Å². The van der Waals surface area contributed by atoms with Crippen molar-refractivity contribution in [2.75, 3.05) is 5.32 Å². The highest BCUT2D eigenvalue weighted by Crippen LogP contribution is 2.33. The van der Waals surface area contributed by atoms with Gasteiger partial charge in [-0.05, 0) is 66.3 Å². The van der Waals surface area contributed by atoms with Gasteiger partial charge in [0.15, 0.2) is 5.82 Å². The Hall–Kier alpha value is -2.61. The van der Waals surface area contributed by atoms with Gasteiger partial charge in [0.05, 0.1) is 5.56 Å². The molecule has 0 spiro atoms. The molecule has 1 amide bonds. The first-order valence-corrected chi connectivity index (χ1v) is 9.36. The van der Waals surface area contributed by atoms with Gasteiger partial charge in [-0.15, -0.1) is 16.4 Å². The van der Waals surface area contributed by atoms with Crippen LogP contribution in [-0.2, 0) is 12.8 Å². The van der Waals surface area contributed by atoms with Crippen molar-refractivity contribution in [3.8, 4) is 5.69 Å². The zero-order valence-electron chi connectivity index (χ0n) is 14.5. The topological polar surface area (TPSA) is 72.7 Å². The molecule has 2 heterocycles. The quantitative estimate of drug-likeness (QED) is 0.764. The Labute approximate surface area is 154 Å². The Kier molecular flexibility index (Phi) is 4.28. The number of benzene rings is 1. The third-order valence-electron chi connectivity index (χ3n) is 4.70. The number of anilines is 1. The summed E-state index contributed by atoms with van der Waals surface area (Å²) < 4.78 is 15.5. The number of amides is 1. The van der Waals surface area contributed by atoms with E-state index in [1.54, 1.807) is 18.3 Å². The second kappa shape index (κ2) is 6.60. The van der Waals surface area contributed by atoms with Crippen molar-refractivity contribution in [3.05, 3.63) is 51.2 Å². The maximum absolute atomic E-state index is 14.2. The molecule has 3 aromatic rings. The highest BCUT2D eigenvalue weighted by molar-refractivity contribution is 7.10. The van der Waals surface area contributed by atoms with E-state index in [0.717, 1.165) is 30.4 Å². The summed E-state index contributed by atoms with van der Waals surface area (Å²) in [6.45, 7) is 3.92. The summed E-state index contributed by atoms with van der Waals surface area (Å²) >= 11 is 1.65. The van der Waals surface area contributed by atoms with Crippen molar-refractivity contribution >= 4 is 22.9 Å². The van der Waals surface area contributed by atoms with Crippen LogP contribution in [0.3, 0.4) is 0 Å². The zero-order chi connectivity index (χ0) is 18.3. The molecule has 1 aliphatic carbocycles. The molecule has 0 saturated heterocycles. The van der Waals surface area contributed by atoms with Gasteiger partial charge in [0.25, 0.3) is 5.91 Å². The third-order valence-corrected chi connectivity index (χ3v) is 5.76. The number of rotatable bonds is 3. The number of hydrogen-bond acceptors (Lipinski definition) is 5. The SMILES string of the molecule is Cc1nnnn1-c1cc(NC(=O)c2csc3c2CCC(C)C3)ccc1F. The number of carbonyl (C=O) groups is 1. The second-order valence-electron chi connectivity index (χ2n) is 6.66. The van der Waals surface area contributed by atoms with E-state index >= 15 is 0 Å². The van der Waals surface area contributed by atoms with Crippen LogP contribution in [0.4, 0.5) is 10.1 Å². The number of nitrogens with zero attached hydrogens (tertiary/aromatic N) is 4. The predicted octanol–water partition coefficient (Wildman–Crippen LogP) is 3.55. The van der Waals surface area contributed by atoms with Crippen LogP contribution in [0.25, 0.3) is 5.69 Å². The van der Waals surface area contributed by atoms with E-state index in [4.69, 9.17) is 0 Å². The number of thiophene rings is 1. The van der Waals surface area contributed by atoms with Crippen molar-refractivity contribution in [2.45, 2.75) is 33.1 Å². The summed E-state index contributed by atoms with van der Waals surface area (Å²) in [5.74, 6) is 0.507. The predicted molar refractivity (Wildman–Crippen MR) is 97.3 cm³/mol. The average Bonchev–Trinajstić information content (AvgIpc) is 3.22. The summed E-state index contributed by atoms with van der Waals surface area (Å²) in [6.07, 6.45) is 3.07.